The van der Waals surface area contributed by atoms with Gasteiger partial charge in [0.1, 0.15) is 11.9 Å². The molecule has 3 N–H and O–H groups in total. The first-order valence-corrected chi connectivity index (χ1v) is 9.59. The number of ether oxygens (including phenoxy) is 1. The van der Waals surface area contributed by atoms with Crippen molar-refractivity contribution in [1.82, 2.24) is 15.0 Å². The fourth-order valence-electron chi connectivity index (χ4n) is 2.69. The highest BCUT2D eigenvalue weighted by molar-refractivity contribution is 5.94. The summed E-state index contributed by atoms with van der Waals surface area (Å²) < 4.78 is 5.71. The summed E-state index contributed by atoms with van der Waals surface area (Å²) in [5, 5.41) is 26.6. The van der Waals surface area contributed by atoms with E-state index in [1.54, 1.807) is 6.20 Å². The van der Waals surface area contributed by atoms with Gasteiger partial charge in [-0.15, -0.1) is 0 Å². The van der Waals surface area contributed by atoms with Gasteiger partial charge in [0.15, 0.2) is 5.82 Å². The second-order valence-corrected chi connectivity index (χ2v) is 6.58. The number of nitriles is 1. The molecule has 2 heterocycles. The number of benzene rings is 1. The molecule has 150 valence electrons. The normalized spacial score (nSPS) is 11.7. The van der Waals surface area contributed by atoms with Crippen LogP contribution in [0.3, 0.4) is 0 Å². The molecular formula is C21H24N6O2. The molecule has 0 aliphatic rings. The predicted octanol–water partition coefficient (Wildman–Crippen LogP) is 3.61. The van der Waals surface area contributed by atoms with E-state index >= 15 is 0 Å². The lowest BCUT2D eigenvalue weighted by Crippen LogP contribution is -2.13. The van der Waals surface area contributed by atoms with Crippen LogP contribution < -0.4 is 15.4 Å². The average Bonchev–Trinajstić information content (AvgIpc) is 2.74. The number of pyridine rings is 1. The number of aliphatic hydroxyl groups excluding tert-OH is 1. The highest BCUT2D eigenvalue weighted by atomic mass is 16.5. The number of anilines is 3. The minimum atomic E-state index is -0.0674. The Kier molecular flexibility index (Phi) is 6.76. The van der Waals surface area contributed by atoms with Crippen molar-refractivity contribution in [2.24, 2.45) is 0 Å². The standard InChI is InChI=1S/C21H24N6O2/c1-3-14(2)29-21-18(11-22)24-13-20(27-21)26-19-10-15-6-4-7-17(16(15)12-25-19)23-8-5-9-28/h4,6-7,10,12-14,23,28H,3,5,8-9H2,1-2H3,(H,25,26,27). The van der Waals surface area contributed by atoms with Crippen LogP contribution >= 0.6 is 0 Å². The van der Waals surface area contributed by atoms with Gasteiger partial charge in [-0.25, -0.2) is 9.97 Å². The number of nitrogens with zero attached hydrogens (tertiary/aromatic N) is 4. The molecule has 0 bridgehead atoms. The molecule has 0 spiro atoms. The number of fused-ring (bicyclic) bond motifs is 1. The van der Waals surface area contributed by atoms with Gasteiger partial charge in [0.05, 0.1) is 12.3 Å². The first-order valence-electron chi connectivity index (χ1n) is 9.59. The highest BCUT2D eigenvalue weighted by Crippen LogP contribution is 2.26. The van der Waals surface area contributed by atoms with Crippen LogP contribution in [-0.4, -0.2) is 39.3 Å². The number of rotatable bonds is 9. The molecule has 3 aromatic rings. The molecule has 0 fully saturated rings. The van der Waals surface area contributed by atoms with E-state index in [9.17, 15) is 5.26 Å². The molecule has 2 aromatic heterocycles. The molecule has 1 atom stereocenters. The van der Waals surface area contributed by atoms with E-state index < -0.39 is 0 Å². The summed E-state index contributed by atoms with van der Waals surface area (Å²) in [6.07, 6.45) is 4.68. The van der Waals surface area contributed by atoms with E-state index in [2.05, 4.69) is 25.6 Å². The summed E-state index contributed by atoms with van der Waals surface area (Å²) in [4.78, 5) is 13.0. The van der Waals surface area contributed by atoms with Gasteiger partial charge >= 0.3 is 0 Å². The first kappa shape index (κ1) is 20.3. The first-order chi connectivity index (χ1) is 14.1. The van der Waals surface area contributed by atoms with E-state index in [1.165, 1.54) is 6.20 Å². The number of aromatic nitrogens is 3. The lowest BCUT2D eigenvalue weighted by Gasteiger charge is -2.14. The smallest absolute Gasteiger partial charge is 0.253 e. The van der Waals surface area contributed by atoms with Crippen LogP contribution in [0.1, 0.15) is 32.4 Å². The maximum Gasteiger partial charge on any atom is 0.253 e. The van der Waals surface area contributed by atoms with Crippen molar-refractivity contribution in [3.8, 4) is 11.9 Å². The summed E-state index contributed by atoms with van der Waals surface area (Å²) >= 11 is 0. The predicted molar refractivity (Wildman–Crippen MR) is 112 cm³/mol. The third kappa shape index (κ3) is 5.09. The molecule has 0 aliphatic carbocycles. The van der Waals surface area contributed by atoms with Gasteiger partial charge in [-0.3, -0.25) is 0 Å². The Hall–Kier alpha value is -3.44. The molecule has 8 heteroatoms. The quantitative estimate of drug-likeness (QED) is 0.473. The fourth-order valence-corrected chi connectivity index (χ4v) is 2.69. The van der Waals surface area contributed by atoms with Crippen molar-refractivity contribution in [2.45, 2.75) is 32.8 Å². The minimum absolute atomic E-state index is 0.0674. The number of nitrogens with one attached hydrogen (secondary N) is 2. The third-order valence-electron chi connectivity index (χ3n) is 4.41. The zero-order chi connectivity index (χ0) is 20.6. The topological polar surface area (TPSA) is 116 Å². The maximum atomic E-state index is 9.22. The van der Waals surface area contributed by atoms with Crippen LogP contribution in [0.2, 0.25) is 0 Å². The van der Waals surface area contributed by atoms with Crippen molar-refractivity contribution >= 4 is 28.1 Å². The van der Waals surface area contributed by atoms with E-state index in [1.807, 2.05) is 44.2 Å². The molecule has 0 saturated carbocycles. The monoisotopic (exact) mass is 392 g/mol. The molecule has 0 amide bonds. The van der Waals surface area contributed by atoms with Crippen molar-refractivity contribution in [3.63, 3.8) is 0 Å². The van der Waals surface area contributed by atoms with Gasteiger partial charge in [-0.1, -0.05) is 19.1 Å². The van der Waals surface area contributed by atoms with Crippen LogP contribution in [0.4, 0.5) is 17.3 Å². The largest absolute Gasteiger partial charge is 0.473 e. The Morgan fingerprint density at radius 3 is 2.86 bits per heavy atom. The molecular weight excluding hydrogens is 368 g/mol. The Morgan fingerprint density at radius 2 is 2.10 bits per heavy atom. The minimum Gasteiger partial charge on any atom is -0.473 e. The number of aliphatic hydroxyl groups is 1. The Morgan fingerprint density at radius 1 is 1.24 bits per heavy atom. The Labute approximate surface area is 169 Å². The molecule has 29 heavy (non-hydrogen) atoms. The van der Waals surface area contributed by atoms with Crippen molar-refractivity contribution in [3.05, 3.63) is 42.4 Å². The van der Waals surface area contributed by atoms with Gasteiger partial charge in [0, 0.05) is 30.4 Å². The van der Waals surface area contributed by atoms with Gasteiger partial charge < -0.3 is 20.5 Å². The zero-order valence-electron chi connectivity index (χ0n) is 16.5. The van der Waals surface area contributed by atoms with Crippen molar-refractivity contribution < 1.29 is 9.84 Å². The van der Waals surface area contributed by atoms with E-state index in [0.717, 1.165) is 22.9 Å². The zero-order valence-corrected chi connectivity index (χ0v) is 16.5. The van der Waals surface area contributed by atoms with Crippen LogP contribution in [0.5, 0.6) is 5.88 Å². The van der Waals surface area contributed by atoms with Gasteiger partial charge in [0.2, 0.25) is 5.69 Å². The molecule has 3 rings (SSSR count). The third-order valence-corrected chi connectivity index (χ3v) is 4.41. The lowest BCUT2D eigenvalue weighted by molar-refractivity contribution is 0.207. The second kappa shape index (κ2) is 9.66. The fraction of sp³-hybridized carbons (Fsp3) is 0.333. The van der Waals surface area contributed by atoms with E-state index in [0.29, 0.717) is 24.6 Å². The maximum absolute atomic E-state index is 9.22. The van der Waals surface area contributed by atoms with Gasteiger partial charge in [0.25, 0.3) is 5.88 Å². The van der Waals surface area contributed by atoms with Gasteiger partial charge in [-0.2, -0.15) is 10.2 Å². The molecule has 0 aliphatic heterocycles. The van der Waals surface area contributed by atoms with Crippen molar-refractivity contribution in [2.75, 3.05) is 23.8 Å². The summed E-state index contributed by atoms with van der Waals surface area (Å²) in [5.41, 5.74) is 1.12. The molecule has 1 aromatic carbocycles. The lowest BCUT2D eigenvalue weighted by atomic mass is 10.1. The summed E-state index contributed by atoms with van der Waals surface area (Å²) in [7, 11) is 0. The number of hydrogen-bond acceptors (Lipinski definition) is 8. The van der Waals surface area contributed by atoms with Crippen LogP contribution in [0.25, 0.3) is 10.8 Å². The summed E-state index contributed by atoms with van der Waals surface area (Å²) in [6, 6.07) is 9.87. The van der Waals surface area contributed by atoms with E-state index in [4.69, 9.17) is 9.84 Å². The van der Waals surface area contributed by atoms with Crippen LogP contribution in [-0.2, 0) is 0 Å². The SMILES string of the molecule is CCC(C)Oc1nc(Nc2cc3cccc(NCCCO)c3cn2)cnc1C#N. The van der Waals surface area contributed by atoms with E-state index in [-0.39, 0.29) is 24.3 Å². The molecule has 0 radical (unpaired) electrons. The highest BCUT2D eigenvalue weighted by Gasteiger charge is 2.12. The van der Waals surface area contributed by atoms with Gasteiger partial charge in [-0.05, 0) is 37.3 Å². The van der Waals surface area contributed by atoms with Crippen LogP contribution in [0.15, 0.2) is 36.7 Å². The average molecular weight is 392 g/mol. The number of hydrogen-bond donors (Lipinski definition) is 3. The summed E-state index contributed by atoms with van der Waals surface area (Å²) in [5.74, 6) is 1.27. The molecule has 0 saturated heterocycles. The summed E-state index contributed by atoms with van der Waals surface area (Å²) in [6.45, 7) is 4.76. The van der Waals surface area contributed by atoms with Crippen LogP contribution in [0, 0.1) is 11.3 Å². The Balaban J connectivity index is 1.83. The second-order valence-electron chi connectivity index (χ2n) is 6.58. The van der Waals surface area contributed by atoms with Crippen molar-refractivity contribution in [1.29, 1.82) is 5.26 Å². The molecule has 1 unspecified atom stereocenters. The molecule has 8 nitrogen and oxygen atoms in total. The Bertz CT molecular complexity index is 1020.